The van der Waals surface area contributed by atoms with E-state index >= 15 is 0 Å². The average Bonchev–Trinajstić information content (AvgIpc) is 3.08. The molecule has 0 aliphatic carbocycles. The Bertz CT molecular complexity index is 943. The van der Waals surface area contributed by atoms with Crippen LogP contribution >= 0.6 is 0 Å². The van der Waals surface area contributed by atoms with Gasteiger partial charge in [-0.3, -0.25) is 4.79 Å². The number of ether oxygens (including phenoxy) is 2. The molecule has 0 aromatic heterocycles. The molecule has 7 nitrogen and oxygen atoms in total. The van der Waals surface area contributed by atoms with E-state index in [9.17, 15) is 14.4 Å². The number of cyclic esters (lactones) is 1. The topological polar surface area (TPSA) is 84.9 Å². The molecule has 33 heavy (non-hydrogen) atoms. The van der Waals surface area contributed by atoms with E-state index < -0.39 is 35.3 Å². The molecule has 3 amide bonds. The smallest absolute Gasteiger partial charge is 0.418 e. The molecule has 176 valence electrons. The molecule has 2 aromatic carbocycles. The van der Waals surface area contributed by atoms with Crippen molar-refractivity contribution in [1.29, 1.82) is 0 Å². The minimum Gasteiger partial charge on any atom is -0.444 e. The Kier molecular flexibility index (Phi) is 7.10. The molecule has 0 spiro atoms. The summed E-state index contributed by atoms with van der Waals surface area (Å²) in [4.78, 5) is 39.5. The SMILES string of the molecule is CC(C)C1N(C(=O)CCNC(=O)OC(C)(C)C)C(=O)OC1(c1ccccc1)c1ccccc1. The van der Waals surface area contributed by atoms with Crippen LogP contribution in [0.25, 0.3) is 0 Å². The predicted molar refractivity (Wildman–Crippen MR) is 124 cm³/mol. The Morgan fingerprint density at radius 1 is 1.03 bits per heavy atom. The van der Waals surface area contributed by atoms with Crippen molar-refractivity contribution in [3.05, 3.63) is 71.8 Å². The first-order valence-corrected chi connectivity index (χ1v) is 11.2. The number of imide groups is 1. The van der Waals surface area contributed by atoms with Crippen molar-refractivity contribution in [3.8, 4) is 0 Å². The zero-order valence-electron chi connectivity index (χ0n) is 19.8. The molecule has 0 radical (unpaired) electrons. The van der Waals surface area contributed by atoms with Gasteiger partial charge >= 0.3 is 12.2 Å². The summed E-state index contributed by atoms with van der Waals surface area (Å²) in [5.41, 5.74) is -0.182. The van der Waals surface area contributed by atoms with Crippen molar-refractivity contribution in [1.82, 2.24) is 10.2 Å². The number of hydrogen-bond acceptors (Lipinski definition) is 5. The first kappa shape index (κ1) is 24.3. The number of nitrogens with one attached hydrogen (secondary N) is 1. The highest BCUT2D eigenvalue weighted by atomic mass is 16.6. The van der Waals surface area contributed by atoms with Gasteiger partial charge in [0, 0.05) is 24.1 Å². The van der Waals surface area contributed by atoms with Gasteiger partial charge in [-0.05, 0) is 26.7 Å². The monoisotopic (exact) mass is 452 g/mol. The van der Waals surface area contributed by atoms with E-state index in [0.29, 0.717) is 0 Å². The number of carbonyl (C=O) groups is 3. The van der Waals surface area contributed by atoms with Gasteiger partial charge in [0.1, 0.15) is 5.60 Å². The fourth-order valence-electron chi connectivity index (χ4n) is 4.27. The summed E-state index contributed by atoms with van der Waals surface area (Å²) in [5, 5.41) is 2.58. The van der Waals surface area contributed by atoms with E-state index in [1.54, 1.807) is 20.8 Å². The molecule has 1 saturated heterocycles. The first-order valence-electron chi connectivity index (χ1n) is 11.2. The van der Waals surface area contributed by atoms with Gasteiger partial charge in [-0.15, -0.1) is 0 Å². The molecule has 1 atom stereocenters. The molecular formula is C26H32N2O5. The highest BCUT2D eigenvalue weighted by Crippen LogP contribution is 2.47. The summed E-state index contributed by atoms with van der Waals surface area (Å²) in [6.45, 7) is 9.26. The van der Waals surface area contributed by atoms with Crippen LogP contribution in [0.15, 0.2) is 60.7 Å². The Labute approximate surface area is 195 Å². The minimum atomic E-state index is -1.14. The van der Waals surface area contributed by atoms with Gasteiger partial charge in [0.15, 0.2) is 5.60 Å². The fraction of sp³-hybridized carbons (Fsp3) is 0.423. The number of hydrogen-bond donors (Lipinski definition) is 1. The number of carbonyl (C=O) groups excluding carboxylic acids is 3. The quantitative estimate of drug-likeness (QED) is 0.677. The number of alkyl carbamates (subject to hydrolysis) is 1. The van der Waals surface area contributed by atoms with Crippen molar-refractivity contribution < 1.29 is 23.9 Å². The van der Waals surface area contributed by atoms with E-state index in [1.165, 1.54) is 4.90 Å². The fourth-order valence-corrected chi connectivity index (χ4v) is 4.27. The second-order valence-electron chi connectivity index (χ2n) is 9.47. The highest BCUT2D eigenvalue weighted by molar-refractivity contribution is 5.95. The third-order valence-corrected chi connectivity index (χ3v) is 5.45. The Morgan fingerprint density at radius 3 is 2.00 bits per heavy atom. The van der Waals surface area contributed by atoms with E-state index in [1.807, 2.05) is 74.5 Å². The van der Waals surface area contributed by atoms with Gasteiger partial charge < -0.3 is 14.8 Å². The summed E-state index contributed by atoms with van der Waals surface area (Å²) in [6.07, 6.45) is -1.36. The van der Waals surface area contributed by atoms with Crippen LogP contribution in [0.3, 0.4) is 0 Å². The molecule has 2 aromatic rings. The summed E-state index contributed by atoms with van der Waals surface area (Å²) in [5.74, 6) is -0.511. The van der Waals surface area contributed by atoms with E-state index in [4.69, 9.17) is 9.47 Å². The van der Waals surface area contributed by atoms with E-state index in [2.05, 4.69) is 5.32 Å². The van der Waals surface area contributed by atoms with Crippen LogP contribution in [0.5, 0.6) is 0 Å². The molecular weight excluding hydrogens is 420 g/mol. The van der Waals surface area contributed by atoms with Gasteiger partial charge in [0.05, 0.1) is 6.04 Å². The van der Waals surface area contributed by atoms with Crippen molar-refractivity contribution in [3.63, 3.8) is 0 Å². The Hall–Kier alpha value is -3.35. The third-order valence-electron chi connectivity index (χ3n) is 5.45. The molecule has 0 bridgehead atoms. The van der Waals surface area contributed by atoms with Crippen molar-refractivity contribution in [2.24, 2.45) is 5.92 Å². The number of benzene rings is 2. The third kappa shape index (κ3) is 5.18. The van der Waals surface area contributed by atoms with Crippen LogP contribution in [-0.2, 0) is 19.9 Å². The summed E-state index contributed by atoms with van der Waals surface area (Å²) in [7, 11) is 0. The van der Waals surface area contributed by atoms with Crippen molar-refractivity contribution in [2.45, 2.75) is 58.3 Å². The lowest BCUT2D eigenvalue weighted by Crippen LogP contribution is -2.50. The standard InChI is InChI=1S/C26H32N2O5/c1-18(2)22-26(19-12-8-6-9-13-19,20-14-10-7-11-15-20)33-24(31)28(22)21(29)16-17-27-23(30)32-25(3,4)5/h6-15,18,22H,16-17H2,1-5H3,(H,27,30). The van der Waals surface area contributed by atoms with E-state index in [-0.39, 0.29) is 18.9 Å². The highest BCUT2D eigenvalue weighted by Gasteiger charge is 2.59. The number of nitrogens with zero attached hydrogens (tertiary/aromatic N) is 1. The van der Waals surface area contributed by atoms with Crippen LogP contribution in [0, 0.1) is 5.92 Å². The summed E-state index contributed by atoms with van der Waals surface area (Å²) < 4.78 is 11.3. The van der Waals surface area contributed by atoms with Crippen LogP contribution in [0.2, 0.25) is 0 Å². The lowest BCUT2D eigenvalue weighted by molar-refractivity contribution is -0.130. The maximum Gasteiger partial charge on any atom is 0.418 e. The lowest BCUT2D eigenvalue weighted by atomic mass is 9.75. The normalized spacial score (nSPS) is 17.6. The lowest BCUT2D eigenvalue weighted by Gasteiger charge is -2.37. The Morgan fingerprint density at radius 2 is 1.55 bits per heavy atom. The second kappa shape index (κ2) is 9.65. The zero-order valence-corrected chi connectivity index (χ0v) is 19.8. The van der Waals surface area contributed by atoms with Gasteiger partial charge in [0.2, 0.25) is 5.91 Å². The van der Waals surface area contributed by atoms with Crippen molar-refractivity contribution >= 4 is 18.1 Å². The first-order chi connectivity index (χ1) is 15.6. The molecule has 1 aliphatic rings. The molecule has 1 heterocycles. The molecule has 1 N–H and O–H groups in total. The van der Waals surface area contributed by atoms with Crippen LogP contribution in [0.4, 0.5) is 9.59 Å². The van der Waals surface area contributed by atoms with Crippen LogP contribution in [-0.4, -0.2) is 41.2 Å². The van der Waals surface area contributed by atoms with Gasteiger partial charge in [0.25, 0.3) is 0 Å². The largest absolute Gasteiger partial charge is 0.444 e. The maximum absolute atomic E-state index is 13.2. The van der Waals surface area contributed by atoms with E-state index in [0.717, 1.165) is 11.1 Å². The molecule has 1 unspecified atom stereocenters. The predicted octanol–water partition coefficient (Wildman–Crippen LogP) is 4.85. The molecule has 7 heteroatoms. The molecule has 1 aliphatic heterocycles. The van der Waals surface area contributed by atoms with Gasteiger partial charge in [-0.2, -0.15) is 0 Å². The van der Waals surface area contributed by atoms with Crippen LogP contribution < -0.4 is 5.32 Å². The minimum absolute atomic E-state index is 0.0476. The molecule has 1 fully saturated rings. The second-order valence-corrected chi connectivity index (χ2v) is 9.47. The van der Waals surface area contributed by atoms with Gasteiger partial charge in [-0.1, -0.05) is 74.5 Å². The van der Waals surface area contributed by atoms with Crippen molar-refractivity contribution in [2.75, 3.05) is 6.54 Å². The molecule has 0 saturated carbocycles. The number of rotatable bonds is 6. The average molecular weight is 453 g/mol. The Balaban J connectivity index is 1.90. The van der Waals surface area contributed by atoms with Gasteiger partial charge in [-0.25, -0.2) is 14.5 Å². The summed E-state index contributed by atoms with van der Waals surface area (Å²) >= 11 is 0. The molecule has 3 rings (SSSR count). The zero-order chi connectivity index (χ0) is 24.2. The number of amides is 3. The summed E-state index contributed by atoms with van der Waals surface area (Å²) in [6, 6.07) is 18.4. The van der Waals surface area contributed by atoms with Crippen LogP contribution in [0.1, 0.15) is 52.2 Å². The maximum atomic E-state index is 13.2.